The number of morpholine rings is 1. The monoisotopic (exact) mass is 261 g/mol. The van der Waals surface area contributed by atoms with Crippen molar-refractivity contribution in [3.8, 4) is 0 Å². The Morgan fingerprint density at radius 2 is 2.21 bits per heavy atom. The third kappa shape index (κ3) is 2.74. The molecule has 4 nitrogen and oxygen atoms in total. The summed E-state index contributed by atoms with van der Waals surface area (Å²) in [6.45, 7) is 7.94. The molecule has 1 N–H and O–H groups in total. The Balaban J connectivity index is 1.89. The summed E-state index contributed by atoms with van der Waals surface area (Å²) < 4.78 is 5.42. The van der Waals surface area contributed by atoms with Crippen LogP contribution in [0.25, 0.3) is 0 Å². The second kappa shape index (κ2) is 5.88. The van der Waals surface area contributed by atoms with Crippen LogP contribution in [0.15, 0.2) is 12.1 Å². The summed E-state index contributed by atoms with van der Waals surface area (Å²) in [4.78, 5) is 7.32. The normalized spacial score (nSPS) is 23.8. The largest absolute Gasteiger partial charge is 0.378 e. The summed E-state index contributed by atoms with van der Waals surface area (Å²) in [7, 11) is 0. The Bertz CT molecular complexity index is 429. The van der Waals surface area contributed by atoms with Crippen molar-refractivity contribution in [3.05, 3.63) is 23.4 Å². The minimum atomic E-state index is 0.554. The van der Waals surface area contributed by atoms with Crippen molar-refractivity contribution < 1.29 is 4.74 Å². The summed E-state index contributed by atoms with van der Waals surface area (Å²) >= 11 is 0. The van der Waals surface area contributed by atoms with Crippen LogP contribution in [-0.4, -0.2) is 44.4 Å². The number of rotatable bonds is 2. The Hall–Kier alpha value is -1.13. The second-order valence-corrected chi connectivity index (χ2v) is 5.37. The molecule has 104 valence electrons. The molecule has 4 heteroatoms. The molecule has 3 heterocycles. The molecule has 1 atom stereocenters. The third-order valence-corrected chi connectivity index (χ3v) is 4.17. The van der Waals surface area contributed by atoms with Crippen LogP contribution in [0.2, 0.25) is 0 Å². The average molecular weight is 261 g/mol. The van der Waals surface area contributed by atoms with E-state index in [1.54, 1.807) is 0 Å². The van der Waals surface area contributed by atoms with Gasteiger partial charge in [0.2, 0.25) is 0 Å². The van der Waals surface area contributed by atoms with Crippen LogP contribution in [0.3, 0.4) is 0 Å². The number of aromatic nitrogens is 1. The van der Waals surface area contributed by atoms with E-state index in [1.807, 2.05) is 0 Å². The molecule has 0 spiro atoms. The first-order valence-corrected chi connectivity index (χ1v) is 7.41. The molecule has 0 radical (unpaired) electrons. The lowest BCUT2D eigenvalue weighted by molar-refractivity contribution is 0.122. The van der Waals surface area contributed by atoms with Gasteiger partial charge in [-0.2, -0.15) is 0 Å². The number of nitrogens with zero attached hydrogens (tertiary/aromatic N) is 2. The molecule has 2 aliphatic heterocycles. The van der Waals surface area contributed by atoms with Crippen LogP contribution in [0.5, 0.6) is 0 Å². The van der Waals surface area contributed by atoms with E-state index in [0.717, 1.165) is 58.1 Å². The summed E-state index contributed by atoms with van der Waals surface area (Å²) in [5, 5.41) is 3.52. The van der Waals surface area contributed by atoms with E-state index < -0.39 is 0 Å². The Morgan fingerprint density at radius 1 is 1.37 bits per heavy atom. The Labute approximate surface area is 115 Å². The van der Waals surface area contributed by atoms with Gasteiger partial charge in [-0.05, 0) is 31.0 Å². The fourth-order valence-corrected chi connectivity index (χ4v) is 2.96. The minimum absolute atomic E-state index is 0.554. The quantitative estimate of drug-likeness (QED) is 0.876. The van der Waals surface area contributed by atoms with Crippen molar-refractivity contribution in [2.75, 3.05) is 44.3 Å². The van der Waals surface area contributed by atoms with Crippen LogP contribution in [0.1, 0.15) is 30.5 Å². The lowest BCUT2D eigenvalue weighted by Crippen LogP contribution is -2.37. The fraction of sp³-hybridized carbons (Fsp3) is 0.667. The predicted molar refractivity (Wildman–Crippen MR) is 76.9 cm³/mol. The van der Waals surface area contributed by atoms with Gasteiger partial charge in [0.25, 0.3) is 0 Å². The molecule has 0 amide bonds. The highest BCUT2D eigenvalue weighted by atomic mass is 16.5. The lowest BCUT2D eigenvalue weighted by Gasteiger charge is -2.29. The zero-order valence-corrected chi connectivity index (χ0v) is 11.7. The van der Waals surface area contributed by atoms with Crippen molar-refractivity contribution in [1.29, 1.82) is 0 Å². The maximum atomic E-state index is 5.42. The van der Waals surface area contributed by atoms with Gasteiger partial charge in [0.15, 0.2) is 0 Å². The molecule has 1 aromatic heterocycles. The number of hydrogen-bond donors (Lipinski definition) is 1. The Kier molecular flexibility index (Phi) is 3.99. The fourth-order valence-electron chi connectivity index (χ4n) is 2.96. The standard InChI is InChI=1S/C15H23N3O/c1-2-12-11-16-6-5-13-3-4-14(17-15(12)13)18-7-9-19-10-8-18/h3-4,12,16H,2,5-11H2,1H3. The molecule has 2 aliphatic rings. The van der Waals surface area contributed by atoms with Crippen LogP contribution in [-0.2, 0) is 11.2 Å². The minimum Gasteiger partial charge on any atom is -0.378 e. The molecule has 1 fully saturated rings. The lowest BCUT2D eigenvalue weighted by atomic mass is 9.97. The SMILES string of the molecule is CCC1CNCCc2ccc(N3CCOCC3)nc21. The van der Waals surface area contributed by atoms with Crippen LogP contribution < -0.4 is 10.2 Å². The molecule has 0 aromatic carbocycles. The van der Waals surface area contributed by atoms with Gasteiger partial charge >= 0.3 is 0 Å². The first-order chi connectivity index (χ1) is 9.38. The topological polar surface area (TPSA) is 37.4 Å². The first-order valence-electron chi connectivity index (χ1n) is 7.41. The number of fused-ring (bicyclic) bond motifs is 1. The van der Waals surface area contributed by atoms with E-state index in [-0.39, 0.29) is 0 Å². The van der Waals surface area contributed by atoms with Gasteiger partial charge in [-0.1, -0.05) is 13.0 Å². The van der Waals surface area contributed by atoms with E-state index in [2.05, 4.69) is 29.3 Å². The maximum absolute atomic E-state index is 5.42. The maximum Gasteiger partial charge on any atom is 0.128 e. The number of hydrogen-bond acceptors (Lipinski definition) is 4. The van der Waals surface area contributed by atoms with Gasteiger partial charge in [-0.3, -0.25) is 0 Å². The number of ether oxygens (including phenoxy) is 1. The second-order valence-electron chi connectivity index (χ2n) is 5.37. The predicted octanol–water partition coefficient (Wildman–Crippen LogP) is 1.56. The Morgan fingerprint density at radius 3 is 3.00 bits per heavy atom. The molecule has 1 unspecified atom stereocenters. The van der Waals surface area contributed by atoms with Crippen LogP contribution >= 0.6 is 0 Å². The van der Waals surface area contributed by atoms with Crippen molar-refractivity contribution in [2.24, 2.45) is 0 Å². The molecular weight excluding hydrogens is 238 g/mol. The van der Waals surface area contributed by atoms with Crippen LogP contribution in [0.4, 0.5) is 5.82 Å². The van der Waals surface area contributed by atoms with Gasteiger partial charge in [0.1, 0.15) is 5.82 Å². The zero-order chi connectivity index (χ0) is 13.1. The van der Waals surface area contributed by atoms with E-state index in [9.17, 15) is 0 Å². The molecule has 0 bridgehead atoms. The van der Waals surface area contributed by atoms with Crippen molar-refractivity contribution >= 4 is 5.82 Å². The average Bonchev–Trinajstić information content (AvgIpc) is 2.69. The summed E-state index contributed by atoms with van der Waals surface area (Å²) in [5.41, 5.74) is 2.74. The summed E-state index contributed by atoms with van der Waals surface area (Å²) in [5.74, 6) is 1.68. The number of nitrogens with one attached hydrogen (secondary N) is 1. The summed E-state index contributed by atoms with van der Waals surface area (Å²) in [6.07, 6.45) is 2.25. The molecular formula is C15H23N3O. The zero-order valence-electron chi connectivity index (χ0n) is 11.7. The van der Waals surface area contributed by atoms with Gasteiger partial charge in [-0.15, -0.1) is 0 Å². The van der Waals surface area contributed by atoms with Gasteiger partial charge < -0.3 is 15.0 Å². The van der Waals surface area contributed by atoms with Crippen molar-refractivity contribution in [2.45, 2.75) is 25.7 Å². The van der Waals surface area contributed by atoms with Crippen molar-refractivity contribution in [3.63, 3.8) is 0 Å². The summed E-state index contributed by atoms with van der Waals surface area (Å²) in [6, 6.07) is 4.46. The van der Waals surface area contributed by atoms with Crippen molar-refractivity contribution in [1.82, 2.24) is 10.3 Å². The van der Waals surface area contributed by atoms with Crippen LogP contribution in [0, 0.1) is 0 Å². The van der Waals surface area contributed by atoms with Gasteiger partial charge in [0.05, 0.1) is 18.9 Å². The van der Waals surface area contributed by atoms with Gasteiger partial charge in [-0.25, -0.2) is 4.98 Å². The first kappa shape index (κ1) is 12.9. The van der Waals surface area contributed by atoms with E-state index in [1.165, 1.54) is 11.3 Å². The van der Waals surface area contributed by atoms with E-state index >= 15 is 0 Å². The van der Waals surface area contributed by atoms with E-state index in [0.29, 0.717) is 5.92 Å². The highest BCUT2D eigenvalue weighted by Gasteiger charge is 2.21. The number of anilines is 1. The highest BCUT2D eigenvalue weighted by molar-refractivity contribution is 5.43. The number of pyridine rings is 1. The highest BCUT2D eigenvalue weighted by Crippen LogP contribution is 2.26. The molecule has 0 aliphatic carbocycles. The molecule has 19 heavy (non-hydrogen) atoms. The molecule has 1 saturated heterocycles. The van der Waals surface area contributed by atoms with Gasteiger partial charge in [0, 0.05) is 25.6 Å². The molecule has 3 rings (SSSR count). The third-order valence-electron chi connectivity index (χ3n) is 4.17. The van der Waals surface area contributed by atoms with E-state index in [4.69, 9.17) is 9.72 Å². The smallest absolute Gasteiger partial charge is 0.128 e. The molecule has 1 aromatic rings. The molecule has 0 saturated carbocycles.